The molecule has 0 radical (unpaired) electrons. The maximum Gasteiger partial charge on any atom is 0.330 e. The second kappa shape index (κ2) is 10.2. The van der Waals surface area contributed by atoms with Gasteiger partial charge in [0.1, 0.15) is 0 Å². The van der Waals surface area contributed by atoms with Crippen LogP contribution in [-0.4, -0.2) is 25.2 Å². The minimum Gasteiger partial charge on any atom is -0.463 e. The number of allylic oxidation sites excluding steroid dienone is 3. The Morgan fingerprint density at radius 1 is 0.864 bits per heavy atom. The molecule has 0 N–H and O–H groups in total. The number of carbonyl (C=O) groups excluding carboxylic acids is 2. The van der Waals surface area contributed by atoms with Gasteiger partial charge >= 0.3 is 11.9 Å². The van der Waals surface area contributed by atoms with Crippen LogP contribution in [0.15, 0.2) is 60.2 Å². The van der Waals surface area contributed by atoms with Crippen LogP contribution in [0.3, 0.4) is 0 Å². The Morgan fingerprint density at radius 2 is 1.36 bits per heavy atom. The molecule has 0 saturated heterocycles. The van der Waals surface area contributed by atoms with Crippen molar-refractivity contribution in [3.05, 3.63) is 65.8 Å². The number of carbonyl (C=O) groups is 2. The first-order valence-corrected chi connectivity index (χ1v) is 7.12. The van der Waals surface area contributed by atoms with Gasteiger partial charge < -0.3 is 9.47 Å². The summed E-state index contributed by atoms with van der Waals surface area (Å²) in [7, 11) is 0. The number of hydrogen-bond donors (Lipinski definition) is 0. The van der Waals surface area contributed by atoms with Crippen molar-refractivity contribution < 1.29 is 19.1 Å². The molecule has 0 spiro atoms. The highest BCUT2D eigenvalue weighted by molar-refractivity contribution is 5.85. The summed E-state index contributed by atoms with van der Waals surface area (Å²) in [4.78, 5) is 22.8. The Labute approximate surface area is 130 Å². The van der Waals surface area contributed by atoms with E-state index in [2.05, 4.69) is 0 Å². The molecule has 1 rings (SSSR count). The maximum atomic E-state index is 11.4. The molecule has 0 fully saturated rings. The largest absolute Gasteiger partial charge is 0.463 e. The molecule has 0 amide bonds. The third-order valence-electron chi connectivity index (χ3n) is 2.53. The molecule has 0 aromatic heterocycles. The van der Waals surface area contributed by atoms with Gasteiger partial charge in [0.2, 0.25) is 0 Å². The van der Waals surface area contributed by atoms with Gasteiger partial charge in [0.25, 0.3) is 0 Å². The van der Waals surface area contributed by atoms with Gasteiger partial charge in [-0.05, 0) is 43.2 Å². The zero-order valence-corrected chi connectivity index (χ0v) is 12.8. The highest BCUT2D eigenvalue weighted by Gasteiger charge is 1.98. The molecule has 116 valence electrons. The van der Waals surface area contributed by atoms with Gasteiger partial charge in [-0.3, -0.25) is 0 Å². The van der Waals surface area contributed by atoms with Crippen LogP contribution >= 0.6 is 0 Å². The van der Waals surface area contributed by atoms with Gasteiger partial charge in [-0.15, -0.1) is 0 Å². The minimum absolute atomic E-state index is 0.319. The fourth-order valence-corrected chi connectivity index (χ4v) is 1.60. The lowest BCUT2D eigenvalue weighted by molar-refractivity contribution is -0.138. The second-order valence-corrected chi connectivity index (χ2v) is 4.23. The van der Waals surface area contributed by atoms with Crippen LogP contribution in [0.1, 0.15) is 19.4 Å². The topological polar surface area (TPSA) is 52.6 Å². The van der Waals surface area contributed by atoms with Crippen LogP contribution < -0.4 is 0 Å². The summed E-state index contributed by atoms with van der Waals surface area (Å²) >= 11 is 0. The van der Waals surface area contributed by atoms with Crippen LogP contribution in [-0.2, 0) is 19.1 Å². The van der Waals surface area contributed by atoms with Crippen molar-refractivity contribution in [1.82, 2.24) is 0 Å². The summed E-state index contributed by atoms with van der Waals surface area (Å²) in [5.41, 5.74) is 1.65. The standard InChI is InChI=1S/C18H20O4/c1-3-21-17(19)12-10-16(11-13-18(20)22-4-2)14-15-8-6-5-7-9-15/h5-14H,3-4H2,1-2H3/b12-10+,13-11+. The summed E-state index contributed by atoms with van der Waals surface area (Å²) < 4.78 is 9.68. The fraction of sp³-hybridized carbons (Fsp3) is 0.222. The Bertz CT molecular complexity index is 538. The normalized spacial score (nSPS) is 10.6. The third kappa shape index (κ3) is 7.24. The molecule has 4 heteroatoms. The molecule has 1 aromatic carbocycles. The van der Waals surface area contributed by atoms with E-state index in [9.17, 15) is 9.59 Å². The first kappa shape index (κ1) is 17.4. The average Bonchev–Trinajstić information content (AvgIpc) is 2.51. The zero-order valence-electron chi connectivity index (χ0n) is 12.8. The van der Waals surface area contributed by atoms with Crippen LogP contribution in [0.4, 0.5) is 0 Å². The van der Waals surface area contributed by atoms with Crippen molar-refractivity contribution in [2.75, 3.05) is 13.2 Å². The van der Waals surface area contributed by atoms with Gasteiger partial charge in [0, 0.05) is 12.2 Å². The third-order valence-corrected chi connectivity index (χ3v) is 2.53. The van der Waals surface area contributed by atoms with Gasteiger partial charge in [-0.2, -0.15) is 0 Å². The summed E-state index contributed by atoms with van der Waals surface area (Å²) in [5.74, 6) is -0.850. The summed E-state index contributed by atoms with van der Waals surface area (Å²) in [6.07, 6.45) is 7.70. The predicted molar refractivity (Wildman–Crippen MR) is 86.0 cm³/mol. The van der Waals surface area contributed by atoms with E-state index < -0.39 is 11.9 Å². The molecule has 0 bridgehead atoms. The molecule has 0 aliphatic heterocycles. The van der Waals surface area contributed by atoms with E-state index in [1.54, 1.807) is 26.0 Å². The highest BCUT2D eigenvalue weighted by Crippen LogP contribution is 2.09. The monoisotopic (exact) mass is 300 g/mol. The fourth-order valence-electron chi connectivity index (χ4n) is 1.60. The lowest BCUT2D eigenvalue weighted by Crippen LogP contribution is -2.00. The van der Waals surface area contributed by atoms with Crippen molar-refractivity contribution in [3.8, 4) is 0 Å². The first-order valence-electron chi connectivity index (χ1n) is 7.12. The van der Waals surface area contributed by atoms with E-state index in [4.69, 9.17) is 9.47 Å². The van der Waals surface area contributed by atoms with Crippen molar-refractivity contribution in [2.45, 2.75) is 13.8 Å². The van der Waals surface area contributed by atoms with Crippen LogP contribution in [0, 0.1) is 0 Å². The maximum absolute atomic E-state index is 11.4. The van der Waals surface area contributed by atoms with Crippen molar-refractivity contribution in [2.24, 2.45) is 0 Å². The Hall–Kier alpha value is -2.62. The Morgan fingerprint density at radius 3 is 1.82 bits per heavy atom. The van der Waals surface area contributed by atoms with Crippen LogP contribution in [0.5, 0.6) is 0 Å². The molecular weight excluding hydrogens is 280 g/mol. The summed E-state index contributed by atoms with van der Waals surface area (Å²) in [5, 5.41) is 0. The van der Waals surface area contributed by atoms with E-state index in [0.29, 0.717) is 18.8 Å². The van der Waals surface area contributed by atoms with E-state index in [1.807, 2.05) is 36.4 Å². The molecule has 22 heavy (non-hydrogen) atoms. The van der Waals surface area contributed by atoms with Crippen molar-refractivity contribution >= 4 is 18.0 Å². The zero-order chi connectivity index (χ0) is 16.2. The number of esters is 2. The quantitative estimate of drug-likeness (QED) is 0.440. The van der Waals surface area contributed by atoms with E-state index in [-0.39, 0.29) is 0 Å². The number of benzene rings is 1. The minimum atomic E-state index is -0.425. The van der Waals surface area contributed by atoms with Crippen molar-refractivity contribution in [1.29, 1.82) is 0 Å². The number of ether oxygens (including phenoxy) is 2. The van der Waals surface area contributed by atoms with Crippen LogP contribution in [0.25, 0.3) is 6.08 Å². The van der Waals surface area contributed by atoms with Gasteiger partial charge in [0.15, 0.2) is 0 Å². The molecule has 0 aliphatic rings. The van der Waals surface area contributed by atoms with Crippen LogP contribution in [0.2, 0.25) is 0 Å². The highest BCUT2D eigenvalue weighted by atomic mass is 16.5. The molecule has 0 heterocycles. The first-order chi connectivity index (χ1) is 10.7. The average molecular weight is 300 g/mol. The number of rotatable bonds is 7. The molecule has 0 saturated carbocycles. The Balaban J connectivity index is 2.92. The predicted octanol–water partition coefficient (Wildman–Crippen LogP) is 3.31. The van der Waals surface area contributed by atoms with E-state index >= 15 is 0 Å². The van der Waals surface area contributed by atoms with E-state index in [0.717, 1.165) is 5.56 Å². The molecule has 4 nitrogen and oxygen atoms in total. The summed E-state index contributed by atoms with van der Waals surface area (Å²) in [6, 6.07) is 9.59. The molecule has 1 aromatic rings. The van der Waals surface area contributed by atoms with Gasteiger partial charge in [-0.25, -0.2) is 9.59 Å². The molecule has 0 unspecified atom stereocenters. The molecule has 0 atom stereocenters. The number of hydrogen-bond acceptors (Lipinski definition) is 4. The lowest BCUT2D eigenvalue weighted by Gasteiger charge is -1.99. The smallest absolute Gasteiger partial charge is 0.330 e. The van der Waals surface area contributed by atoms with Crippen molar-refractivity contribution in [3.63, 3.8) is 0 Å². The molecular formula is C18H20O4. The SMILES string of the molecule is CCOC(=O)/C=C/C(=Cc1ccccc1)/C=C/C(=O)OCC. The summed E-state index contributed by atoms with van der Waals surface area (Å²) in [6.45, 7) is 4.12. The second-order valence-electron chi connectivity index (χ2n) is 4.23. The van der Waals surface area contributed by atoms with Gasteiger partial charge in [0.05, 0.1) is 13.2 Å². The lowest BCUT2D eigenvalue weighted by atomic mass is 10.1. The van der Waals surface area contributed by atoms with E-state index in [1.165, 1.54) is 12.2 Å². The Kier molecular flexibility index (Phi) is 8.05. The molecule has 0 aliphatic carbocycles. The van der Waals surface area contributed by atoms with Gasteiger partial charge in [-0.1, -0.05) is 30.3 Å².